The topological polar surface area (TPSA) is 96.7 Å². The Morgan fingerprint density at radius 2 is 1.78 bits per heavy atom. The molecule has 1 atom stereocenters. The van der Waals surface area contributed by atoms with Gasteiger partial charge >= 0.3 is 0 Å². The van der Waals surface area contributed by atoms with E-state index in [9.17, 15) is 9.59 Å². The molecule has 3 aromatic rings. The van der Waals surface area contributed by atoms with Gasteiger partial charge in [-0.25, -0.2) is 15.0 Å². The van der Waals surface area contributed by atoms with Crippen molar-refractivity contribution in [1.82, 2.24) is 24.4 Å². The van der Waals surface area contributed by atoms with Gasteiger partial charge < -0.3 is 19.4 Å². The lowest BCUT2D eigenvalue weighted by Crippen LogP contribution is -2.51. The number of hydrogen-bond donors (Lipinski definition) is 0. The first-order chi connectivity index (χ1) is 17.3. The van der Waals surface area contributed by atoms with E-state index in [1.54, 1.807) is 18.3 Å². The SMILES string of the molecule is COc1cccc(N2CC(C(=O)N3CCN(c4cc(-n5cnc(C)c5C)nc(C)n4)CC3)CC2=O)c1. The number of methoxy groups -OCH3 is 1. The Morgan fingerprint density at radius 1 is 1.03 bits per heavy atom. The fourth-order valence-corrected chi connectivity index (χ4v) is 4.87. The Balaban J connectivity index is 1.24. The number of amides is 2. The number of hydrogen-bond acceptors (Lipinski definition) is 7. The van der Waals surface area contributed by atoms with Crippen molar-refractivity contribution in [3.05, 3.63) is 53.9 Å². The first-order valence-electron chi connectivity index (χ1n) is 12.2. The molecule has 36 heavy (non-hydrogen) atoms. The Kier molecular flexibility index (Phi) is 6.34. The number of piperazine rings is 1. The van der Waals surface area contributed by atoms with Crippen molar-refractivity contribution in [3.8, 4) is 11.6 Å². The quantitative estimate of drug-likeness (QED) is 0.543. The summed E-state index contributed by atoms with van der Waals surface area (Å²) in [5.41, 5.74) is 2.77. The Morgan fingerprint density at radius 3 is 2.47 bits per heavy atom. The van der Waals surface area contributed by atoms with Gasteiger partial charge in [0.25, 0.3) is 0 Å². The van der Waals surface area contributed by atoms with Gasteiger partial charge in [-0.05, 0) is 32.9 Å². The second kappa shape index (κ2) is 9.60. The predicted octanol–water partition coefficient (Wildman–Crippen LogP) is 2.30. The van der Waals surface area contributed by atoms with Crippen LogP contribution in [0.3, 0.4) is 0 Å². The number of aromatic nitrogens is 4. The molecule has 2 aliphatic rings. The van der Waals surface area contributed by atoms with E-state index in [4.69, 9.17) is 4.74 Å². The van der Waals surface area contributed by atoms with E-state index in [2.05, 4.69) is 19.9 Å². The molecule has 2 amide bonds. The molecule has 188 valence electrons. The first kappa shape index (κ1) is 23.8. The maximum absolute atomic E-state index is 13.3. The molecule has 10 heteroatoms. The van der Waals surface area contributed by atoms with Gasteiger partial charge in [-0.15, -0.1) is 0 Å². The molecule has 2 aromatic heterocycles. The number of aryl methyl sites for hydroxylation is 2. The van der Waals surface area contributed by atoms with Crippen LogP contribution in [0.4, 0.5) is 11.5 Å². The van der Waals surface area contributed by atoms with Crippen molar-refractivity contribution in [3.63, 3.8) is 0 Å². The number of benzene rings is 1. The summed E-state index contributed by atoms with van der Waals surface area (Å²) in [6, 6.07) is 9.36. The molecule has 2 aliphatic heterocycles. The second-order valence-electron chi connectivity index (χ2n) is 9.34. The van der Waals surface area contributed by atoms with Gasteiger partial charge in [0.15, 0.2) is 0 Å². The highest BCUT2D eigenvalue weighted by Gasteiger charge is 2.38. The summed E-state index contributed by atoms with van der Waals surface area (Å²) in [4.78, 5) is 45.4. The minimum Gasteiger partial charge on any atom is -0.497 e. The fraction of sp³-hybridized carbons (Fsp3) is 0.423. The van der Waals surface area contributed by atoms with E-state index in [1.165, 1.54) is 0 Å². The molecule has 0 N–H and O–H groups in total. The minimum absolute atomic E-state index is 0.0331. The molecule has 0 bridgehead atoms. The summed E-state index contributed by atoms with van der Waals surface area (Å²) >= 11 is 0. The number of rotatable bonds is 5. The van der Waals surface area contributed by atoms with E-state index in [-0.39, 0.29) is 24.2 Å². The minimum atomic E-state index is -0.337. The van der Waals surface area contributed by atoms with Gasteiger partial charge in [0.05, 0.1) is 18.7 Å². The van der Waals surface area contributed by atoms with Gasteiger partial charge in [-0.3, -0.25) is 14.2 Å². The molecule has 0 saturated carbocycles. The van der Waals surface area contributed by atoms with Gasteiger partial charge in [-0.2, -0.15) is 0 Å². The number of anilines is 2. The zero-order valence-corrected chi connectivity index (χ0v) is 21.1. The molecule has 2 saturated heterocycles. The van der Waals surface area contributed by atoms with Crippen molar-refractivity contribution in [1.29, 1.82) is 0 Å². The fourth-order valence-electron chi connectivity index (χ4n) is 4.87. The summed E-state index contributed by atoms with van der Waals surface area (Å²) in [5.74, 6) is 2.68. The average Bonchev–Trinajstić information content (AvgIpc) is 3.45. The molecule has 0 spiro atoms. The lowest BCUT2D eigenvalue weighted by molar-refractivity contribution is -0.136. The molecule has 1 aromatic carbocycles. The highest BCUT2D eigenvalue weighted by atomic mass is 16.5. The average molecular weight is 490 g/mol. The second-order valence-corrected chi connectivity index (χ2v) is 9.34. The monoisotopic (exact) mass is 489 g/mol. The predicted molar refractivity (Wildman–Crippen MR) is 136 cm³/mol. The van der Waals surface area contributed by atoms with Crippen molar-refractivity contribution < 1.29 is 14.3 Å². The number of nitrogens with zero attached hydrogens (tertiary/aromatic N) is 7. The molecule has 0 radical (unpaired) electrons. The van der Waals surface area contributed by atoms with E-state index in [1.807, 2.05) is 60.6 Å². The number of ether oxygens (including phenoxy) is 1. The van der Waals surface area contributed by atoms with Crippen LogP contribution in [0.5, 0.6) is 5.75 Å². The molecule has 4 heterocycles. The summed E-state index contributed by atoms with van der Waals surface area (Å²) in [6.45, 7) is 8.79. The third kappa shape index (κ3) is 4.50. The normalized spacial score (nSPS) is 18.2. The van der Waals surface area contributed by atoms with Crippen LogP contribution in [-0.2, 0) is 9.59 Å². The van der Waals surface area contributed by atoms with Crippen molar-refractivity contribution in [2.75, 3.05) is 49.6 Å². The van der Waals surface area contributed by atoms with Crippen molar-refractivity contribution in [2.45, 2.75) is 27.2 Å². The summed E-state index contributed by atoms with van der Waals surface area (Å²) in [7, 11) is 1.60. The maximum Gasteiger partial charge on any atom is 0.228 e. The van der Waals surface area contributed by atoms with Gasteiger partial charge in [-0.1, -0.05) is 6.07 Å². The summed E-state index contributed by atoms with van der Waals surface area (Å²) in [5, 5.41) is 0. The number of carbonyl (C=O) groups is 2. The Hall–Kier alpha value is -3.95. The largest absolute Gasteiger partial charge is 0.497 e. The van der Waals surface area contributed by atoms with E-state index < -0.39 is 0 Å². The zero-order valence-electron chi connectivity index (χ0n) is 21.1. The number of carbonyl (C=O) groups excluding carboxylic acids is 2. The molecular formula is C26H31N7O3. The molecule has 0 aliphatic carbocycles. The molecule has 10 nitrogen and oxygen atoms in total. The lowest BCUT2D eigenvalue weighted by Gasteiger charge is -2.36. The zero-order chi connectivity index (χ0) is 25.4. The summed E-state index contributed by atoms with van der Waals surface area (Å²) in [6.07, 6.45) is 2.01. The third-order valence-corrected chi connectivity index (χ3v) is 7.06. The van der Waals surface area contributed by atoms with Gasteiger partial charge in [0.2, 0.25) is 11.8 Å². The number of imidazole rings is 1. The van der Waals surface area contributed by atoms with Crippen LogP contribution >= 0.6 is 0 Å². The standard InChI is InChI=1S/C26H31N7O3/c1-17-18(2)33(16-27-17)24-14-23(28-19(3)29-24)30-8-10-31(11-9-30)26(35)20-12-25(34)32(15-20)21-6-5-7-22(13-21)36-4/h5-7,13-14,16,20H,8-12,15H2,1-4H3. The van der Waals surface area contributed by atoms with Gasteiger partial charge in [0, 0.05) is 62.7 Å². The van der Waals surface area contributed by atoms with E-state index in [0.29, 0.717) is 44.3 Å². The lowest BCUT2D eigenvalue weighted by atomic mass is 10.1. The van der Waals surface area contributed by atoms with Crippen molar-refractivity contribution in [2.24, 2.45) is 5.92 Å². The van der Waals surface area contributed by atoms with Crippen LogP contribution in [0.25, 0.3) is 5.82 Å². The van der Waals surface area contributed by atoms with Crippen LogP contribution in [-0.4, -0.2) is 76.1 Å². The van der Waals surface area contributed by atoms with Crippen LogP contribution in [0.2, 0.25) is 0 Å². The van der Waals surface area contributed by atoms with Crippen LogP contribution in [0.15, 0.2) is 36.7 Å². The van der Waals surface area contributed by atoms with Crippen LogP contribution in [0, 0.1) is 26.7 Å². The maximum atomic E-state index is 13.3. The first-order valence-corrected chi connectivity index (χ1v) is 12.2. The van der Waals surface area contributed by atoms with Crippen LogP contribution < -0.4 is 14.5 Å². The van der Waals surface area contributed by atoms with E-state index >= 15 is 0 Å². The molecule has 1 unspecified atom stereocenters. The summed E-state index contributed by atoms with van der Waals surface area (Å²) < 4.78 is 7.25. The smallest absolute Gasteiger partial charge is 0.228 e. The molecule has 5 rings (SSSR count). The van der Waals surface area contributed by atoms with E-state index in [0.717, 1.165) is 28.7 Å². The highest BCUT2D eigenvalue weighted by Crippen LogP contribution is 2.29. The molecule has 2 fully saturated rings. The van der Waals surface area contributed by atoms with Gasteiger partial charge in [0.1, 0.15) is 29.5 Å². The van der Waals surface area contributed by atoms with Crippen LogP contribution in [0.1, 0.15) is 23.6 Å². The Labute approximate surface area is 210 Å². The highest BCUT2D eigenvalue weighted by molar-refractivity contribution is 6.00. The third-order valence-electron chi connectivity index (χ3n) is 7.06. The Bertz CT molecular complexity index is 1300. The molecular weight excluding hydrogens is 458 g/mol. The van der Waals surface area contributed by atoms with Crippen molar-refractivity contribution >= 4 is 23.3 Å².